The van der Waals surface area contributed by atoms with E-state index >= 15 is 0 Å². The van der Waals surface area contributed by atoms with Gasteiger partial charge in [-0.2, -0.15) is 0 Å². The molecule has 7 heteroatoms. The molecule has 3 unspecified atom stereocenters. The number of halogens is 1. The van der Waals surface area contributed by atoms with Crippen molar-refractivity contribution in [3.8, 4) is 0 Å². The lowest BCUT2D eigenvalue weighted by atomic mass is 9.99. The number of hydrogen-bond acceptors (Lipinski definition) is 3. The fourth-order valence-corrected chi connectivity index (χ4v) is 4.48. The third-order valence-electron chi connectivity index (χ3n) is 4.88. The predicted octanol–water partition coefficient (Wildman–Crippen LogP) is 5.20. The van der Waals surface area contributed by atoms with Crippen LogP contribution < -0.4 is 5.32 Å². The van der Waals surface area contributed by atoms with Gasteiger partial charge in [-0.25, -0.2) is 12.8 Å². The molecule has 0 aliphatic carbocycles. The van der Waals surface area contributed by atoms with Gasteiger partial charge in [0.2, 0.25) is 15.9 Å². The smallest absolute Gasteiger partial charge is 0.248 e. The number of allylic oxidation sites excluding steroid dienone is 3. The first-order chi connectivity index (χ1) is 14.5. The lowest BCUT2D eigenvalue weighted by Crippen LogP contribution is -2.45. The lowest BCUT2D eigenvalue weighted by Gasteiger charge is -2.33. The van der Waals surface area contributed by atoms with Crippen LogP contribution in [0.5, 0.6) is 0 Å². The summed E-state index contributed by atoms with van der Waals surface area (Å²) in [6, 6.07) is 5.92. The largest absolute Gasteiger partial charge is 0.352 e. The molecule has 0 bridgehead atoms. The number of hydrogen-bond donors (Lipinski definition) is 1. The monoisotopic (exact) mass is 452 g/mol. The molecule has 0 spiro atoms. The van der Waals surface area contributed by atoms with E-state index in [1.165, 1.54) is 13.0 Å². The van der Waals surface area contributed by atoms with Crippen LogP contribution in [-0.2, 0) is 14.8 Å². The third kappa shape index (κ3) is 8.48. The maximum atomic E-state index is 14.0. The van der Waals surface area contributed by atoms with E-state index in [1.807, 2.05) is 32.9 Å². The third-order valence-corrected chi connectivity index (χ3v) is 6.02. The molecule has 0 fully saturated rings. The minimum Gasteiger partial charge on any atom is -0.352 e. The van der Waals surface area contributed by atoms with Crippen molar-refractivity contribution in [2.75, 3.05) is 6.26 Å². The topological polar surface area (TPSA) is 66.5 Å². The summed E-state index contributed by atoms with van der Waals surface area (Å²) in [5.41, 5.74) is 1.49. The molecule has 174 valence electrons. The van der Waals surface area contributed by atoms with Crippen molar-refractivity contribution in [3.63, 3.8) is 0 Å². The zero-order chi connectivity index (χ0) is 23.6. The van der Waals surface area contributed by atoms with Gasteiger partial charge in [0.25, 0.3) is 0 Å². The molecule has 1 rings (SSSR count). The molecule has 0 saturated heterocycles. The van der Waals surface area contributed by atoms with Crippen LogP contribution in [0, 0.1) is 6.92 Å². The lowest BCUT2D eigenvalue weighted by molar-refractivity contribution is -0.125. The van der Waals surface area contributed by atoms with Crippen LogP contribution >= 0.6 is 0 Å². The Bertz CT molecular complexity index is 879. The van der Waals surface area contributed by atoms with Gasteiger partial charge in [0.1, 0.15) is 12.2 Å². The Morgan fingerprint density at radius 2 is 1.87 bits per heavy atom. The molecular formula is C24H37FN2O3S. The van der Waals surface area contributed by atoms with Crippen LogP contribution in [0.3, 0.4) is 0 Å². The summed E-state index contributed by atoms with van der Waals surface area (Å²) in [5.74, 6) is -0.425. The minimum atomic E-state index is -3.92. The summed E-state index contributed by atoms with van der Waals surface area (Å²) >= 11 is 0. The first-order valence-electron chi connectivity index (χ1n) is 10.9. The standard InChI is InChI=1S/C24H37FN2O3S/c1-7-9-14-20(5)26-24(28)23(22-16-12-11-13-18(22)3)27(31(6,29)30)21(15-10-8-2)17-19(4)25/h10-13,15-17,19-20,23H,7-9,14H2,1-6H3,(H,26,28). The summed E-state index contributed by atoms with van der Waals surface area (Å²) < 4.78 is 40.9. The van der Waals surface area contributed by atoms with Crippen molar-refractivity contribution in [2.24, 2.45) is 0 Å². The number of benzene rings is 1. The summed E-state index contributed by atoms with van der Waals surface area (Å²) in [6.45, 7) is 9.05. The maximum absolute atomic E-state index is 14.0. The molecule has 1 amide bonds. The van der Waals surface area contributed by atoms with Crippen molar-refractivity contribution in [1.82, 2.24) is 9.62 Å². The van der Waals surface area contributed by atoms with Crippen molar-refractivity contribution in [1.29, 1.82) is 0 Å². The van der Waals surface area contributed by atoms with Crippen LogP contribution in [0.25, 0.3) is 0 Å². The normalized spacial score (nSPS) is 15.5. The second-order valence-electron chi connectivity index (χ2n) is 7.95. The average molecular weight is 453 g/mol. The second kappa shape index (κ2) is 12.6. The fraction of sp³-hybridized carbons (Fsp3) is 0.542. The highest BCUT2D eigenvalue weighted by molar-refractivity contribution is 7.88. The van der Waals surface area contributed by atoms with E-state index in [1.54, 1.807) is 24.3 Å². The molecule has 1 aromatic rings. The molecule has 1 aromatic carbocycles. The number of amides is 1. The van der Waals surface area contributed by atoms with Gasteiger partial charge in [-0.15, -0.1) is 0 Å². The van der Waals surface area contributed by atoms with Crippen LogP contribution in [0.4, 0.5) is 4.39 Å². The van der Waals surface area contributed by atoms with Gasteiger partial charge in [0, 0.05) is 6.04 Å². The number of alkyl halides is 1. The van der Waals surface area contributed by atoms with Gasteiger partial charge in [0.05, 0.1) is 12.0 Å². The van der Waals surface area contributed by atoms with E-state index < -0.39 is 28.1 Å². The zero-order valence-corrected chi connectivity index (χ0v) is 20.4. The SMILES string of the molecule is CCC=CC(=CC(C)F)N(C(C(=O)NC(C)CCCC)c1ccccc1C)S(C)(=O)=O. The highest BCUT2D eigenvalue weighted by atomic mass is 32.2. The Morgan fingerprint density at radius 3 is 2.39 bits per heavy atom. The number of carbonyl (C=O) groups is 1. The van der Waals surface area contributed by atoms with E-state index in [4.69, 9.17) is 0 Å². The highest BCUT2D eigenvalue weighted by Gasteiger charge is 2.36. The first-order valence-corrected chi connectivity index (χ1v) is 12.7. The van der Waals surface area contributed by atoms with Crippen LogP contribution in [0.1, 0.15) is 70.5 Å². The van der Waals surface area contributed by atoms with Crippen LogP contribution in [-0.4, -0.2) is 37.1 Å². The maximum Gasteiger partial charge on any atom is 0.248 e. The Labute approximate surface area is 187 Å². The predicted molar refractivity (Wildman–Crippen MR) is 126 cm³/mol. The number of aryl methyl sites for hydroxylation is 1. The number of carbonyl (C=O) groups excluding carboxylic acids is 1. The minimum absolute atomic E-state index is 0.112. The first kappa shape index (κ1) is 26.9. The average Bonchev–Trinajstić information content (AvgIpc) is 2.67. The van der Waals surface area contributed by atoms with Crippen LogP contribution in [0.2, 0.25) is 0 Å². The number of unbranched alkanes of at least 4 members (excludes halogenated alkanes) is 1. The quantitative estimate of drug-likeness (QED) is 0.443. The van der Waals surface area contributed by atoms with Crippen molar-refractivity contribution in [3.05, 3.63) is 59.3 Å². The molecule has 0 saturated carbocycles. The number of nitrogens with one attached hydrogen (secondary N) is 1. The van der Waals surface area contributed by atoms with Gasteiger partial charge >= 0.3 is 0 Å². The molecular weight excluding hydrogens is 415 g/mol. The van der Waals surface area contributed by atoms with Gasteiger partial charge in [-0.3, -0.25) is 9.10 Å². The Hall–Kier alpha value is -2.15. The summed E-state index contributed by atoms with van der Waals surface area (Å²) in [4.78, 5) is 13.5. The van der Waals surface area contributed by atoms with E-state index in [0.29, 0.717) is 12.0 Å². The number of nitrogens with zero attached hydrogens (tertiary/aromatic N) is 1. The molecule has 31 heavy (non-hydrogen) atoms. The summed E-state index contributed by atoms with van der Waals surface area (Å²) in [5, 5.41) is 2.97. The number of sulfonamides is 1. The Morgan fingerprint density at radius 1 is 1.23 bits per heavy atom. The Balaban J connectivity index is 3.65. The van der Waals surface area contributed by atoms with E-state index in [9.17, 15) is 17.6 Å². The Kier molecular flexibility index (Phi) is 11.0. The van der Waals surface area contributed by atoms with Crippen molar-refractivity contribution < 1.29 is 17.6 Å². The van der Waals surface area contributed by atoms with Crippen molar-refractivity contribution >= 4 is 15.9 Å². The molecule has 3 atom stereocenters. The van der Waals surface area contributed by atoms with Gasteiger partial charge in [0.15, 0.2) is 0 Å². The van der Waals surface area contributed by atoms with E-state index in [2.05, 4.69) is 12.2 Å². The van der Waals surface area contributed by atoms with Crippen LogP contribution in [0.15, 0.2) is 48.2 Å². The molecule has 0 radical (unpaired) electrons. The summed E-state index contributed by atoms with van der Waals surface area (Å²) in [7, 11) is -3.92. The molecule has 1 N–H and O–H groups in total. The van der Waals surface area contributed by atoms with Crippen molar-refractivity contribution in [2.45, 2.75) is 78.6 Å². The molecule has 0 aliphatic rings. The van der Waals surface area contributed by atoms with Gasteiger partial charge in [-0.1, -0.05) is 57.0 Å². The zero-order valence-electron chi connectivity index (χ0n) is 19.6. The molecule has 5 nitrogen and oxygen atoms in total. The summed E-state index contributed by atoms with van der Waals surface area (Å²) in [6.07, 6.45) is 7.60. The van der Waals surface area contributed by atoms with E-state index in [0.717, 1.165) is 35.4 Å². The molecule has 0 heterocycles. The molecule has 0 aliphatic heterocycles. The second-order valence-corrected chi connectivity index (χ2v) is 9.81. The fourth-order valence-electron chi connectivity index (χ4n) is 3.38. The molecule has 0 aromatic heterocycles. The van der Waals surface area contributed by atoms with Gasteiger partial charge < -0.3 is 5.32 Å². The van der Waals surface area contributed by atoms with E-state index in [-0.39, 0.29) is 11.7 Å². The highest BCUT2D eigenvalue weighted by Crippen LogP contribution is 2.31. The number of rotatable bonds is 12. The van der Waals surface area contributed by atoms with Gasteiger partial charge in [-0.05, 0) is 56.9 Å².